The summed E-state index contributed by atoms with van der Waals surface area (Å²) in [5.41, 5.74) is 1.75. The SMILES string of the molecule is Cc1c(Br)cc(I)cc1C=O. The lowest BCUT2D eigenvalue weighted by molar-refractivity contribution is 0.112. The van der Waals surface area contributed by atoms with E-state index in [0.717, 1.165) is 25.5 Å². The van der Waals surface area contributed by atoms with Gasteiger partial charge in [-0.15, -0.1) is 0 Å². The molecule has 0 saturated carbocycles. The van der Waals surface area contributed by atoms with Gasteiger partial charge in [0.15, 0.2) is 0 Å². The second kappa shape index (κ2) is 3.67. The maximum absolute atomic E-state index is 10.5. The maximum Gasteiger partial charge on any atom is 0.150 e. The van der Waals surface area contributed by atoms with Crippen LogP contribution in [-0.4, -0.2) is 6.29 Å². The molecule has 0 bridgehead atoms. The van der Waals surface area contributed by atoms with E-state index in [9.17, 15) is 4.79 Å². The van der Waals surface area contributed by atoms with Crippen LogP contribution >= 0.6 is 38.5 Å². The molecule has 0 aliphatic heterocycles. The van der Waals surface area contributed by atoms with Crippen molar-refractivity contribution in [1.29, 1.82) is 0 Å². The van der Waals surface area contributed by atoms with Gasteiger partial charge >= 0.3 is 0 Å². The third-order valence-corrected chi connectivity index (χ3v) is 2.92. The summed E-state index contributed by atoms with van der Waals surface area (Å²) in [5.74, 6) is 0. The number of benzene rings is 1. The largest absolute Gasteiger partial charge is 0.298 e. The predicted octanol–water partition coefficient (Wildman–Crippen LogP) is 3.17. The predicted molar refractivity (Wildman–Crippen MR) is 57.0 cm³/mol. The van der Waals surface area contributed by atoms with Gasteiger partial charge < -0.3 is 0 Å². The van der Waals surface area contributed by atoms with E-state index >= 15 is 0 Å². The highest BCUT2D eigenvalue weighted by atomic mass is 127. The molecule has 0 aromatic heterocycles. The molecule has 0 unspecified atom stereocenters. The molecule has 0 spiro atoms. The van der Waals surface area contributed by atoms with E-state index in [-0.39, 0.29) is 0 Å². The summed E-state index contributed by atoms with van der Waals surface area (Å²) < 4.78 is 2.06. The molecule has 3 heteroatoms. The molecular weight excluding hydrogens is 319 g/mol. The standard InChI is InChI=1S/C8H6BrIO/c1-5-6(4-11)2-7(10)3-8(5)9/h2-4H,1H3. The number of carbonyl (C=O) groups is 1. The van der Waals surface area contributed by atoms with Gasteiger partial charge in [-0.1, -0.05) is 15.9 Å². The summed E-state index contributed by atoms with van der Waals surface area (Å²) >= 11 is 5.56. The van der Waals surface area contributed by atoms with Gasteiger partial charge in [-0.2, -0.15) is 0 Å². The van der Waals surface area contributed by atoms with Crippen molar-refractivity contribution in [1.82, 2.24) is 0 Å². The highest BCUT2D eigenvalue weighted by Gasteiger charge is 2.01. The Hall–Kier alpha value is 0.1000. The van der Waals surface area contributed by atoms with Crippen LogP contribution in [0.4, 0.5) is 0 Å². The summed E-state index contributed by atoms with van der Waals surface area (Å²) in [6.07, 6.45) is 0.877. The Morgan fingerprint density at radius 1 is 1.55 bits per heavy atom. The van der Waals surface area contributed by atoms with Crippen LogP contribution in [0.2, 0.25) is 0 Å². The smallest absolute Gasteiger partial charge is 0.150 e. The molecule has 1 nitrogen and oxygen atoms in total. The number of rotatable bonds is 1. The van der Waals surface area contributed by atoms with Crippen molar-refractivity contribution >= 4 is 44.8 Å². The zero-order valence-corrected chi connectivity index (χ0v) is 9.64. The first-order chi connectivity index (χ1) is 5.15. The molecule has 1 aromatic rings. The van der Waals surface area contributed by atoms with Gasteiger partial charge in [0.25, 0.3) is 0 Å². The highest BCUT2D eigenvalue weighted by Crippen LogP contribution is 2.21. The summed E-state index contributed by atoms with van der Waals surface area (Å²) in [7, 11) is 0. The van der Waals surface area contributed by atoms with Crippen LogP contribution in [0, 0.1) is 10.5 Å². The fraction of sp³-hybridized carbons (Fsp3) is 0.125. The van der Waals surface area contributed by atoms with Crippen LogP contribution in [0.15, 0.2) is 16.6 Å². The summed E-state index contributed by atoms with van der Waals surface area (Å²) in [5, 5.41) is 0. The monoisotopic (exact) mass is 324 g/mol. The van der Waals surface area contributed by atoms with Gasteiger partial charge in [-0.3, -0.25) is 4.79 Å². The van der Waals surface area contributed by atoms with Gasteiger partial charge in [-0.25, -0.2) is 0 Å². The molecule has 1 rings (SSSR count). The lowest BCUT2D eigenvalue weighted by Crippen LogP contribution is -1.88. The van der Waals surface area contributed by atoms with E-state index in [1.807, 2.05) is 19.1 Å². The van der Waals surface area contributed by atoms with Crippen molar-refractivity contribution in [2.45, 2.75) is 6.92 Å². The van der Waals surface area contributed by atoms with Gasteiger partial charge in [0, 0.05) is 13.6 Å². The van der Waals surface area contributed by atoms with Crippen LogP contribution in [-0.2, 0) is 0 Å². The molecule has 58 valence electrons. The average molecular weight is 325 g/mol. The van der Waals surface area contributed by atoms with Gasteiger partial charge in [-0.05, 0) is 47.2 Å². The van der Waals surface area contributed by atoms with E-state index in [4.69, 9.17) is 0 Å². The van der Waals surface area contributed by atoms with Crippen LogP contribution in [0.25, 0.3) is 0 Å². The van der Waals surface area contributed by atoms with Crippen LogP contribution in [0.3, 0.4) is 0 Å². The average Bonchev–Trinajstić information content (AvgIpc) is 1.96. The van der Waals surface area contributed by atoms with Crippen molar-refractivity contribution in [3.63, 3.8) is 0 Å². The van der Waals surface area contributed by atoms with Crippen molar-refractivity contribution < 1.29 is 4.79 Å². The summed E-state index contributed by atoms with van der Waals surface area (Å²) in [6.45, 7) is 1.92. The molecule has 0 amide bonds. The van der Waals surface area contributed by atoms with Gasteiger partial charge in [0.2, 0.25) is 0 Å². The topological polar surface area (TPSA) is 17.1 Å². The Balaban J connectivity index is 3.35. The number of hydrogen-bond acceptors (Lipinski definition) is 1. The number of carbonyl (C=O) groups excluding carboxylic acids is 1. The minimum absolute atomic E-state index is 0.753. The second-order valence-electron chi connectivity index (χ2n) is 2.22. The Kier molecular flexibility index (Phi) is 3.06. The lowest BCUT2D eigenvalue weighted by Gasteiger charge is -2.01. The maximum atomic E-state index is 10.5. The van der Waals surface area contributed by atoms with E-state index < -0.39 is 0 Å². The second-order valence-corrected chi connectivity index (χ2v) is 4.32. The fourth-order valence-electron chi connectivity index (χ4n) is 0.788. The minimum Gasteiger partial charge on any atom is -0.298 e. The minimum atomic E-state index is 0.753. The highest BCUT2D eigenvalue weighted by molar-refractivity contribution is 14.1. The molecule has 0 saturated heterocycles. The molecule has 0 aliphatic carbocycles. The quantitative estimate of drug-likeness (QED) is 0.573. The Bertz CT molecular complexity index is 296. The lowest BCUT2D eigenvalue weighted by atomic mass is 10.1. The Morgan fingerprint density at radius 3 is 2.73 bits per heavy atom. The Labute approximate surface area is 87.5 Å². The zero-order chi connectivity index (χ0) is 8.43. The zero-order valence-electron chi connectivity index (χ0n) is 5.90. The number of aldehydes is 1. The van der Waals surface area contributed by atoms with Crippen molar-refractivity contribution in [3.05, 3.63) is 31.3 Å². The van der Waals surface area contributed by atoms with E-state index in [0.29, 0.717) is 0 Å². The first-order valence-corrected chi connectivity index (χ1v) is 4.93. The van der Waals surface area contributed by atoms with Crippen molar-refractivity contribution in [2.75, 3.05) is 0 Å². The number of hydrogen-bond donors (Lipinski definition) is 0. The van der Waals surface area contributed by atoms with Crippen molar-refractivity contribution in [2.24, 2.45) is 0 Å². The van der Waals surface area contributed by atoms with Gasteiger partial charge in [0.05, 0.1) is 0 Å². The third kappa shape index (κ3) is 2.02. The molecular formula is C8H6BrIO. The molecule has 0 atom stereocenters. The molecule has 11 heavy (non-hydrogen) atoms. The first kappa shape index (κ1) is 9.19. The summed E-state index contributed by atoms with van der Waals surface area (Å²) in [4.78, 5) is 10.5. The molecule has 0 fully saturated rings. The molecule has 0 aliphatic rings. The molecule has 1 aromatic carbocycles. The third-order valence-electron chi connectivity index (χ3n) is 1.48. The normalized spacial score (nSPS) is 9.73. The fourth-order valence-corrected chi connectivity index (χ4v) is 2.34. The summed E-state index contributed by atoms with van der Waals surface area (Å²) in [6, 6.07) is 3.86. The van der Waals surface area contributed by atoms with Gasteiger partial charge in [0.1, 0.15) is 6.29 Å². The van der Waals surface area contributed by atoms with E-state index in [1.54, 1.807) is 0 Å². The van der Waals surface area contributed by atoms with Crippen molar-refractivity contribution in [3.8, 4) is 0 Å². The van der Waals surface area contributed by atoms with Crippen LogP contribution < -0.4 is 0 Å². The first-order valence-electron chi connectivity index (χ1n) is 3.06. The molecule has 0 N–H and O–H groups in total. The van der Waals surface area contributed by atoms with E-state index in [2.05, 4.69) is 38.5 Å². The Morgan fingerprint density at radius 2 is 2.18 bits per heavy atom. The van der Waals surface area contributed by atoms with Crippen LogP contribution in [0.1, 0.15) is 15.9 Å². The number of halogens is 2. The molecule has 0 heterocycles. The van der Waals surface area contributed by atoms with E-state index in [1.165, 1.54) is 0 Å². The van der Waals surface area contributed by atoms with Crippen LogP contribution in [0.5, 0.6) is 0 Å². The molecule has 0 radical (unpaired) electrons.